The van der Waals surface area contributed by atoms with Crippen LogP contribution >= 0.6 is 0 Å². The van der Waals surface area contributed by atoms with Crippen molar-refractivity contribution in [1.29, 1.82) is 0 Å². The van der Waals surface area contributed by atoms with Gasteiger partial charge in [-0.2, -0.15) is 0 Å². The van der Waals surface area contributed by atoms with Crippen LogP contribution in [0.1, 0.15) is 5.56 Å². The fraction of sp³-hybridized carbons (Fsp3) is 0.188. The van der Waals surface area contributed by atoms with Gasteiger partial charge in [0.05, 0.1) is 4.90 Å². The predicted molar refractivity (Wildman–Crippen MR) is 84.9 cm³/mol. The summed E-state index contributed by atoms with van der Waals surface area (Å²) < 4.78 is 31.9. The number of nitrogens with one attached hydrogen (secondary N) is 1. The number of carbonyl (C=O) groups is 1. The van der Waals surface area contributed by atoms with Crippen LogP contribution in [0.3, 0.4) is 0 Å². The van der Waals surface area contributed by atoms with Crippen molar-refractivity contribution >= 4 is 16.0 Å². The first kappa shape index (κ1) is 17.0. The standard InChI is InChI=1S/C16H17NO5S/c18-16(19)12-22-15-9-5-4-6-13(15)10-11-17-23(20,21)14-7-2-1-3-8-14/h1-9,17H,10-12H2,(H,18,19). The molecule has 0 amide bonds. The number of para-hydroxylation sites is 1. The van der Waals surface area contributed by atoms with Gasteiger partial charge in [-0.15, -0.1) is 0 Å². The van der Waals surface area contributed by atoms with E-state index in [-0.39, 0.29) is 11.4 Å². The molecule has 0 aliphatic carbocycles. The number of hydrogen-bond donors (Lipinski definition) is 2. The third kappa shape index (κ3) is 5.08. The zero-order chi connectivity index (χ0) is 16.7. The van der Waals surface area contributed by atoms with Gasteiger partial charge in [-0.1, -0.05) is 36.4 Å². The Morgan fingerprint density at radius 1 is 1.04 bits per heavy atom. The average molecular weight is 335 g/mol. The maximum absolute atomic E-state index is 12.1. The molecular formula is C16H17NO5S. The lowest BCUT2D eigenvalue weighted by atomic mass is 10.1. The number of rotatable bonds is 8. The molecule has 0 spiro atoms. The minimum absolute atomic E-state index is 0.185. The molecular weight excluding hydrogens is 318 g/mol. The van der Waals surface area contributed by atoms with Crippen LogP contribution in [0.25, 0.3) is 0 Å². The third-order valence-electron chi connectivity index (χ3n) is 3.06. The van der Waals surface area contributed by atoms with Crippen LogP contribution in [-0.2, 0) is 21.2 Å². The summed E-state index contributed by atoms with van der Waals surface area (Å²) in [6, 6.07) is 15.0. The fourth-order valence-corrected chi connectivity index (χ4v) is 3.05. The van der Waals surface area contributed by atoms with E-state index < -0.39 is 22.6 Å². The van der Waals surface area contributed by atoms with E-state index >= 15 is 0 Å². The Kier molecular flexibility index (Phi) is 5.72. The predicted octanol–water partition coefficient (Wildman–Crippen LogP) is 1.67. The average Bonchev–Trinajstić information content (AvgIpc) is 2.54. The molecule has 23 heavy (non-hydrogen) atoms. The highest BCUT2D eigenvalue weighted by molar-refractivity contribution is 7.89. The summed E-state index contributed by atoms with van der Waals surface area (Å²) in [5.41, 5.74) is 0.740. The highest BCUT2D eigenvalue weighted by Crippen LogP contribution is 2.18. The van der Waals surface area contributed by atoms with Crippen molar-refractivity contribution in [2.45, 2.75) is 11.3 Å². The number of benzene rings is 2. The molecule has 0 aliphatic rings. The van der Waals surface area contributed by atoms with Crippen LogP contribution in [-0.4, -0.2) is 32.6 Å². The molecule has 122 valence electrons. The van der Waals surface area contributed by atoms with Gasteiger partial charge in [-0.05, 0) is 30.2 Å². The first-order valence-corrected chi connectivity index (χ1v) is 8.44. The molecule has 0 heterocycles. The second-order valence-electron chi connectivity index (χ2n) is 4.75. The van der Waals surface area contributed by atoms with Gasteiger partial charge in [0, 0.05) is 6.54 Å². The molecule has 2 rings (SSSR count). The molecule has 0 fully saturated rings. The number of carboxylic acids is 1. The zero-order valence-electron chi connectivity index (χ0n) is 12.3. The second kappa shape index (κ2) is 7.75. The van der Waals surface area contributed by atoms with E-state index in [1.807, 2.05) is 0 Å². The van der Waals surface area contributed by atoms with Crippen LogP contribution in [0.2, 0.25) is 0 Å². The van der Waals surface area contributed by atoms with Crippen LogP contribution in [0.5, 0.6) is 5.75 Å². The number of aliphatic carboxylic acids is 1. The van der Waals surface area contributed by atoms with Crippen molar-refractivity contribution in [3.63, 3.8) is 0 Å². The van der Waals surface area contributed by atoms with Crippen molar-refractivity contribution in [3.8, 4) is 5.75 Å². The molecule has 0 saturated carbocycles. The maximum Gasteiger partial charge on any atom is 0.341 e. The fourth-order valence-electron chi connectivity index (χ4n) is 1.99. The van der Waals surface area contributed by atoms with Gasteiger partial charge in [0.1, 0.15) is 5.75 Å². The van der Waals surface area contributed by atoms with E-state index in [0.29, 0.717) is 12.2 Å². The molecule has 0 aliphatic heterocycles. The van der Waals surface area contributed by atoms with E-state index in [1.54, 1.807) is 42.5 Å². The van der Waals surface area contributed by atoms with E-state index in [0.717, 1.165) is 5.56 Å². The van der Waals surface area contributed by atoms with Crippen LogP contribution < -0.4 is 9.46 Å². The van der Waals surface area contributed by atoms with Crippen LogP contribution in [0.15, 0.2) is 59.5 Å². The minimum Gasteiger partial charge on any atom is -0.482 e. The van der Waals surface area contributed by atoms with Crippen molar-refractivity contribution < 1.29 is 23.1 Å². The first-order valence-electron chi connectivity index (χ1n) is 6.96. The maximum atomic E-state index is 12.1. The quantitative estimate of drug-likeness (QED) is 0.765. The number of ether oxygens (including phenoxy) is 1. The van der Waals surface area contributed by atoms with Crippen molar-refractivity contribution in [2.24, 2.45) is 0 Å². The van der Waals surface area contributed by atoms with Gasteiger partial charge in [-0.3, -0.25) is 0 Å². The summed E-state index contributed by atoms with van der Waals surface area (Å²) in [5.74, 6) is -0.626. The van der Waals surface area contributed by atoms with Gasteiger partial charge in [-0.25, -0.2) is 17.9 Å². The van der Waals surface area contributed by atoms with Crippen molar-refractivity contribution in [2.75, 3.05) is 13.2 Å². The third-order valence-corrected chi connectivity index (χ3v) is 4.54. The van der Waals surface area contributed by atoms with Crippen molar-refractivity contribution in [3.05, 3.63) is 60.2 Å². The molecule has 2 aromatic carbocycles. The summed E-state index contributed by atoms with van der Waals surface area (Å²) in [5, 5.41) is 8.66. The Balaban J connectivity index is 1.98. The second-order valence-corrected chi connectivity index (χ2v) is 6.52. The monoisotopic (exact) mass is 335 g/mol. The van der Waals surface area contributed by atoms with Gasteiger partial charge >= 0.3 is 5.97 Å². The van der Waals surface area contributed by atoms with E-state index in [4.69, 9.17) is 9.84 Å². The minimum atomic E-state index is -3.55. The molecule has 0 saturated heterocycles. The largest absolute Gasteiger partial charge is 0.482 e. The lowest BCUT2D eigenvalue weighted by molar-refractivity contribution is -0.139. The highest BCUT2D eigenvalue weighted by Gasteiger charge is 2.13. The lowest BCUT2D eigenvalue weighted by Crippen LogP contribution is -2.26. The van der Waals surface area contributed by atoms with E-state index in [2.05, 4.69) is 4.72 Å². The van der Waals surface area contributed by atoms with Crippen LogP contribution in [0.4, 0.5) is 0 Å². The van der Waals surface area contributed by atoms with Gasteiger partial charge in [0.15, 0.2) is 6.61 Å². The molecule has 0 bridgehead atoms. The number of sulfonamides is 1. The first-order chi connectivity index (χ1) is 11.0. The molecule has 0 atom stereocenters. The summed E-state index contributed by atoms with van der Waals surface area (Å²) in [4.78, 5) is 10.8. The van der Waals surface area contributed by atoms with Gasteiger partial charge < -0.3 is 9.84 Å². The normalized spacial score (nSPS) is 11.1. The Labute approximate surface area is 134 Å². The van der Waals surface area contributed by atoms with Crippen molar-refractivity contribution in [1.82, 2.24) is 4.72 Å². The van der Waals surface area contributed by atoms with E-state index in [1.165, 1.54) is 12.1 Å². The molecule has 7 heteroatoms. The number of carboxylic acid groups (broad SMARTS) is 1. The summed E-state index contributed by atoms with van der Waals surface area (Å²) >= 11 is 0. The zero-order valence-corrected chi connectivity index (χ0v) is 13.1. The van der Waals surface area contributed by atoms with Gasteiger partial charge in [0.25, 0.3) is 0 Å². The molecule has 0 unspecified atom stereocenters. The number of hydrogen-bond acceptors (Lipinski definition) is 4. The lowest BCUT2D eigenvalue weighted by Gasteiger charge is -2.11. The molecule has 0 aromatic heterocycles. The Morgan fingerprint density at radius 3 is 2.39 bits per heavy atom. The Morgan fingerprint density at radius 2 is 1.70 bits per heavy atom. The molecule has 0 radical (unpaired) electrons. The summed E-state index contributed by atoms with van der Waals surface area (Å²) in [6.07, 6.45) is 0.391. The summed E-state index contributed by atoms with van der Waals surface area (Å²) in [7, 11) is -3.55. The van der Waals surface area contributed by atoms with E-state index in [9.17, 15) is 13.2 Å². The molecule has 2 N–H and O–H groups in total. The smallest absolute Gasteiger partial charge is 0.341 e. The van der Waals surface area contributed by atoms with Crippen LogP contribution in [0, 0.1) is 0 Å². The topological polar surface area (TPSA) is 92.7 Å². The Bertz CT molecular complexity index is 759. The summed E-state index contributed by atoms with van der Waals surface area (Å²) in [6.45, 7) is -0.253. The highest BCUT2D eigenvalue weighted by atomic mass is 32.2. The van der Waals surface area contributed by atoms with Gasteiger partial charge in [0.2, 0.25) is 10.0 Å². The SMILES string of the molecule is O=C(O)COc1ccccc1CCNS(=O)(=O)c1ccccc1. The molecule has 6 nitrogen and oxygen atoms in total. The Hall–Kier alpha value is -2.38. The molecule has 2 aromatic rings.